The summed E-state index contributed by atoms with van der Waals surface area (Å²) < 4.78 is 12.8. The zero-order valence-electron chi connectivity index (χ0n) is 12.5. The van der Waals surface area contributed by atoms with Gasteiger partial charge in [-0.15, -0.1) is 0 Å². The van der Waals surface area contributed by atoms with Crippen LogP contribution in [0.15, 0.2) is 36.4 Å². The Balaban J connectivity index is 1.56. The second kappa shape index (κ2) is 6.32. The van der Waals surface area contributed by atoms with Gasteiger partial charge in [-0.1, -0.05) is 24.3 Å². The van der Waals surface area contributed by atoms with Crippen LogP contribution in [-0.2, 0) is 20.9 Å². The van der Waals surface area contributed by atoms with Crippen molar-refractivity contribution >= 4 is 17.7 Å². The number of allylic oxidation sites excluding steroid dienone is 2. The standard InChI is InChI=1S/C17H17FN2O3/c18-12-7-5-11(6-8-12)9-19-15(21)10-20-16(22)13-3-1-2-4-14(13)17(20)23/h1-2,5-8,13-14H,3-4,9-10H2,(H,19,21). The van der Waals surface area contributed by atoms with Crippen molar-refractivity contribution in [2.75, 3.05) is 6.54 Å². The summed E-state index contributed by atoms with van der Waals surface area (Å²) in [5.74, 6) is -1.91. The van der Waals surface area contributed by atoms with Crippen molar-refractivity contribution in [1.29, 1.82) is 0 Å². The fraction of sp³-hybridized carbons (Fsp3) is 0.353. The number of carbonyl (C=O) groups excluding carboxylic acids is 3. The third-order valence-corrected chi connectivity index (χ3v) is 4.30. The van der Waals surface area contributed by atoms with E-state index in [9.17, 15) is 18.8 Å². The molecule has 2 aliphatic rings. The van der Waals surface area contributed by atoms with E-state index in [1.807, 2.05) is 12.2 Å². The summed E-state index contributed by atoms with van der Waals surface area (Å²) >= 11 is 0. The molecule has 23 heavy (non-hydrogen) atoms. The maximum atomic E-state index is 12.8. The predicted octanol–water partition coefficient (Wildman–Crippen LogP) is 1.39. The predicted molar refractivity (Wildman–Crippen MR) is 80.3 cm³/mol. The van der Waals surface area contributed by atoms with Crippen molar-refractivity contribution in [1.82, 2.24) is 10.2 Å². The molecule has 1 aliphatic carbocycles. The van der Waals surface area contributed by atoms with E-state index in [-0.39, 0.29) is 42.6 Å². The number of fused-ring (bicyclic) bond motifs is 1. The van der Waals surface area contributed by atoms with E-state index < -0.39 is 5.91 Å². The molecule has 2 atom stereocenters. The van der Waals surface area contributed by atoms with E-state index in [1.54, 1.807) is 12.1 Å². The first kappa shape index (κ1) is 15.4. The van der Waals surface area contributed by atoms with Crippen LogP contribution in [0.4, 0.5) is 4.39 Å². The Labute approximate surface area is 133 Å². The molecule has 0 aromatic heterocycles. The number of hydrogen-bond donors (Lipinski definition) is 1. The Morgan fingerprint density at radius 3 is 2.22 bits per heavy atom. The van der Waals surface area contributed by atoms with Gasteiger partial charge in [0, 0.05) is 6.54 Å². The summed E-state index contributed by atoms with van der Waals surface area (Å²) in [7, 11) is 0. The lowest BCUT2D eigenvalue weighted by molar-refractivity contribution is -0.143. The maximum Gasteiger partial charge on any atom is 0.240 e. The number of hydrogen-bond acceptors (Lipinski definition) is 3. The van der Waals surface area contributed by atoms with Gasteiger partial charge in [0.25, 0.3) is 0 Å². The molecule has 0 radical (unpaired) electrons. The number of halogens is 1. The van der Waals surface area contributed by atoms with Gasteiger partial charge in [-0.3, -0.25) is 19.3 Å². The number of amides is 3. The minimum absolute atomic E-state index is 0.226. The highest BCUT2D eigenvalue weighted by molar-refractivity contribution is 6.07. The van der Waals surface area contributed by atoms with Crippen molar-refractivity contribution in [2.45, 2.75) is 19.4 Å². The van der Waals surface area contributed by atoms with Gasteiger partial charge >= 0.3 is 0 Å². The summed E-state index contributed by atoms with van der Waals surface area (Å²) in [5, 5.41) is 2.64. The lowest BCUT2D eigenvalue weighted by atomic mass is 9.85. The van der Waals surface area contributed by atoms with E-state index in [1.165, 1.54) is 12.1 Å². The van der Waals surface area contributed by atoms with Crippen molar-refractivity contribution in [3.05, 3.63) is 47.8 Å². The molecule has 0 spiro atoms. The molecule has 1 fully saturated rings. The molecule has 0 saturated carbocycles. The second-order valence-electron chi connectivity index (χ2n) is 5.82. The number of carbonyl (C=O) groups is 3. The summed E-state index contributed by atoms with van der Waals surface area (Å²) in [6.45, 7) is -0.0321. The Morgan fingerprint density at radius 2 is 1.65 bits per heavy atom. The van der Waals surface area contributed by atoms with Crippen LogP contribution < -0.4 is 5.32 Å². The van der Waals surface area contributed by atoms with Crippen LogP contribution in [0.5, 0.6) is 0 Å². The normalized spacial score (nSPS) is 23.1. The minimum Gasteiger partial charge on any atom is -0.350 e. The topological polar surface area (TPSA) is 66.5 Å². The van der Waals surface area contributed by atoms with Crippen LogP contribution in [0.2, 0.25) is 0 Å². The average molecular weight is 316 g/mol. The number of rotatable bonds is 4. The zero-order valence-corrected chi connectivity index (χ0v) is 12.5. The molecule has 1 N–H and O–H groups in total. The molecule has 1 aromatic rings. The summed E-state index contributed by atoms with van der Waals surface area (Å²) in [6, 6.07) is 5.77. The van der Waals surface area contributed by atoms with E-state index in [4.69, 9.17) is 0 Å². The van der Waals surface area contributed by atoms with Gasteiger partial charge in [0.2, 0.25) is 17.7 Å². The number of imide groups is 1. The van der Waals surface area contributed by atoms with Crippen LogP contribution in [0, 0.1) is 17.7 Å². The quantitative estimate of drug-likeness (QED) is 0.674. The van der Waals surface area contributed by atoms with Gasteiger partial charge in [-0.2, -0.15) is 0 Å². The van der Waals surface area contributed by atoms with Crippen molar-refractivity contribution in [3.8, 4) is 0 Å². The van der Waals surface area contributed by atoms with Gasteiger partial charge in [-0.05, 0) is 30.5 Å². The third-order valence-electron chi connectivity index (χ3n) is 4.30. The Kier molecular flexibility index (Phi) is 4.23. The smallest absolute Gasteiger partial charge is 0.240 e. The monoisotopic (exact) mass is 316 g/mol. The second-order valence-corrected chi connectivity index (χ2v) is 5.82. The molecule has 1 saturated heterocycles. The lowest BCUT2D eigenvalue weighted by Gasteiger charge is -2.14. The Bertz CT molecular complexity index is 643. The van der Waals surface area contributed by atoms with Gasteiger partial charge in [-0.25, -0.2) is 4.39 Å². The van der Waals surface area contributed by atoms with Crippen LogP contribution in [0.3, 0.4) is 0 Å². The highest BCUT2D eigenvalue weighted by Crippen LogP contribution is 2.34. The first-order chi connectivity index (χ1) is 11.1. The van der Waals surface area contributed by atoms with Gasteiger partial charge in [0.1, 0.15) is 12.4 Å². The van der Waals surface area contributed by atoms with Crippen molar-refractivity contribution < 1.29 is 18.8 Å². The number of likely N-dealkylation sites (tertiary alicyclic amines) is 1. The number of nitrogens with one attached hydrogen (secondary N) is 1. The summed E-state index contributed by atoms with van der Waals surface area (Å²) in [6.07, 6.45) is 4.93. The molecule has 2 unspecified atom stereocenters. The molecule has 120 valence electrons. The molecule has 1 heterocycles. The van der Waals surface area contributed by atoms with Gasteiger partial charge in [0.05, 0.1) is 11.8 Å². The summed E-state index contributed by atoms with van der Waals surface area (Å²) in [4.78, 5) is 37.5. The molecular weight excluding hydrogens is 299 g/mol. The number of benzene rings is 1. The number of nitrogens with zero attached hydrogens (tertiary/aromatic N) is 1. The fourth-order valence-electron chi connectivity index (χ4n) is 3.03. The van der Waals surface area contributed by atoms with E-state index in [0.29, 0.717) is 12.8 Å². The van der Waals surface area contributed by atoms with E-state index in [2.05, 4.69) is 5.32 Å². The Hall–Kier alpha value is -2.50. The average Bonchev–Trinajstić information content (AvgIpc) is 2.80. The summed E-state index contributed by atoms with van der Waals surface area (Å²) in [5.41, 5.74) is 0.747. The molecule has 0 bridgehead atoms. The van der Waals surface area contributed by atoms with Crippen molar-refractivity contribution in [3.63, 3.8) is 0 Å². The minimum atomic E-state index is -0.400. The largest absolute Gasteiger partial charge is 0.350 e. The SMILES string of the molecule is O=C(CN1C(=O)C2CC=CCC2C1=O)NCc1ccc(F)cc1. The van der Waals surface area contributed by atoms with Crippen LogP contribution in [0.25, 0.3) is 0 Å². The molecule has 5 nitrogen and oxygen atoms in total. The molecule has 6 heteroatoms. The lowest BCUT2D eigenvalue weighted by Crippen LogP contribution is -2.40. The molecule has 3 rings (SSSR count). The fourth-order valence-corrected chi connectivity index (χ4v) is 3.03. The van der Waals surface area contributed by atoms with Crippen LogP contribution in [-0.4, -0.2) is 29.2 Å². The molecule has 1 aliphatic heterocycles. The molecule has 3 amide bonds. The van der Waals surface area contributed by atoms with Crippen LogP contribution >= 0.6 is 0 Å². The van der Waals surface area contributed by atoms with E-state index >= 15 is 0 Å². The highest BCUT2D eigenvalue weighted by atomic mass is 19.1. The van der Waals surface area contributed by atoms with E-state index in [0.717, 1.165) is 10.5 Å². The first-order valence-electron chi connectivity index (χ1n) is 7.57. The molecular formula is C17H17FN2O3. The molecule has 1 aromatic carbocycles. The van der Waals surface area contributed by atoms with Gasteiger partial charge < -0.3 is 5.32 Å². The third kappa shape index (κ3) is 3.16. The van der Waals surface area contributed by atoms with Crippen molar-refractivity contribution in [2.24, 2.45) is 11.8 Å². The van der Waals surface area contributed by atoms with Crippen LogP contribution in [0.1, 0.15) is 18.4 Å². The van der Waals surface area contributed by atoms with Gasteiger partial charge in [0.15, 0.2) is 0 Å². The first-order valence-corrected chi connectivity index (χ1v) is 7.57. The Morgan fingerprint density at radius 1 is 1.09 bits per heavy atom. The zero-order chi connectivity index (χ0) is 16.4. The maximum absolute atomic E-state index is 12.8. The highest BCUT2D eigenvalue weighted by Gasteiger charge is 2.47.